The lowest BCUT2D eigenvalue weighted by atomic mass is 9.98. The zero-order chi connectivity index (χ0) is 29.9. The summed E-state index contributed by atoms with van der Waals surface area (Å²) < 4.78 is 0. The summed E-state index contributed by atoms with van der Waals surface area (Å²) in [5, 5.41) is 17.1. The van der Waals surface area contributed by atoms with E-state index in [1.165, 1.54) is 4.90 Å². The second-order valence-electron chi connectivity index (χ2n) is 10.5. The molecule has 5 N–H and O–H groups in total. The number of thioether (sulfide) groups is 1. The molecule has 0 aliphatic carbocycles. The van der Waals surface area contributed by atoms with Gasteiger partial charge in [-0.1, -0.05) is 72.8 Å². The average molecular weight is 591 g/mol. The van der Waals surface area contributed by atoms with Crippen molar-refractivity contribution in [3.63, 3.8) is 0 Å². The number of nitrogens with two attached hydrogens (primary N) is 1. The maximum Gasteiger partial charge on any atom is 0.246 e. The van der Waals surface area contributed by atoms with Crippen LogP contribution in [-0.4, -0.2) is 70.0 Å². The van der Waals surface area contributed by atoms with Gasteiger partial charge in [-0.25, -0.2) is 0 Å². The molecule has 1 fully saturated rings. The number of benzene rings is 3. The number of carbonyl (C=O) groups excluding carboxylic acids is 4. The minimum atomic E-state index is -0.948. The predicted octanol–water partition coefficient (Wildman–Crippen LogP) is 2.53. The molecule has 4 rings (SSSR count). The number of amides is 4. The number of piperidine rings is 1. The number of nitrogens with zero attached hydrogens (tertiary/aromatic N) is 1. The number of hydrogen-bond donors (Lipinski definition) is 4. The lowest BCUT2D eigenvalue weighted by Crippen LogP contribution is -2.60. The van der Waals surface area contributed by atoms with E-state index in [0.717, 1.165) is 40.1 Å². The lowest BCUT2D eigenvalue weighted by Gasteiger charge is -2.37. The fourth-order valence-corrected chi connectivity index (χ4v) is 5.84. The van der Waals surface area contributed by atoms with Crippen LogP contribution in [0.4, 0.5) is 0 Å². The van der Waals surface area contributed by atoms with Crippen molar-refractivity contribution < 1.29 is 24.3 Å². The van der Waals surface area contributed by atoms with E-state index in [-0.39, 0.29) is 36.3 Å². The van der Waals surface area contributed by atoms with Gasteiger partial charge in [0.25, 0.3) is 0 Å². The first-order chi connectivity index (χ1) is 20.4. The molecule has 0 unspecified atom stereocenters. The largest absolute Gasteiger partial charge is 0.386 e. The van der Waals surface area contributed by atoms with Crippen molar-refractivity contribution >= 4 is 46.2 Å². The molecule has 1 aliphatic heterocycles. The van der Waals surface area contributed by atoms with Gasteiger partial charge in [-0.2, -0.15) is 0 Å². The highest BCUT2D eigenvalue weighted by molar-refractivity contribution is 7.99. The summed E-state index contributed by atoms with van der Waals surface area (Å²) in [7, 11) is 0. The Balaban J connectivity index is 1.42. The van der Waals surface area contributed by atoms with Crippen LogP contribution in [0.2, 0.25) is 0 Å². The fourth-order valence-electron chi connectivity index (χ4n) is 5.27. The Morgan fingerprint density at radius 1 is 0.905 bits per heavy atom. The summed E-state index contributed by atoms with van der Waals surface area (Å²) in [5.74, 6) is -1.80. The number of aliphatic hydroxyl groups excluding tert-OH is 1. The van der Waals surface area contributed by atoms with Crippen LogP contribution in [0.5, 0.6) is 0 Å². The van der Waals surface area contributed by atoms with Crippen molar-refractivity contribution in [2.75, 3.05) is 18.2 Å². The van der Waals surface area contributed by atoms with Crippen LogP contribution >= 0.6 is 11.8 Å². The van der Waals surface area contributed by atoms with Crippen molar-refractivity contribution in [1.29, 1.82) is 0 Å². The number of fused-ring (bicyclic) bond motifs is 1. The molecule has 4 amide bonds. The van der Waals surface area contributed by atoms with Crippen molar-refractivity contribution in [2.45, 2.75) is 56.7 Å². The molecule has 0 bridgehead atoms. The van der Waals surface area contributed by atoms with E-state index in [4.69, 9.17) is 5.73 Å². The zero-order valence-corrected chi connectivity index (χ0v) is 24.4. The molecule has 42 heavy (non-hydrogen) atoms. The Labute approximate surface area is 250 Å². The molecular formula is C32H38N4O5S. The lowest BCUT2D eigenvalue weighted by molar-refractivity contribution is -0.145. The third kappa shape index (κ3) is 8.56. The van der Waals surface area contributed by atoms with Crippen LogP contribution in [0.25, 0.3) is 10.8 Å². The summed E-state index contributed by atoms with van der Waals surface area (Å²) in [6.45, 7) is 0.350. The van der Waals surface area contributed by atoms with Gasteiger partial charge in [0.05, 0.1) is 5.94 Å². The Morgan fingerprint density at radius 2 is 1.64 bits per heavy atom. The van der Waals surface area contributed by atoms with Gasteiger partial charge in [-0.05, 0) is 47.6 Å². The van der Waals surface area contributed by atoms with E-state index in [2.05, 4.69) is 10.6 Å². The Kier molecular flexibility index (Phi) is 11.4. The van der Waals surface area contributed by atoms with E-state index in [1.54, 1.807) is 0 Å². The number of primary amides is 1. The van der Waals surface area contributed by atoms with Crippen LogP contribution in [0.3, 0.4) is 0 Å². The molecule has 1 heterocycles. The minimum Gasteiger partial charge on any atom is -0.386 e. The van der Waals surface area contributed by atoms with Gasteiger partial charge in [-0.15, -0.1) is 11.8 Å². The van der Waals surface area contributed by atoms with Crippen LogP contribution in [0, 0.1) is 0 Å². The molecule has 0 aromatic heterocycles. The predicted molar refractivity (Wildman–Crippen MR) is 164 cm³/mol. The molecule has 1 aliphatic rings. The van der Waals surface area contributed by atoms with Gasteiger partial charge in [0.2, 0.25) is 23.6 Å². The number of likely N-dealkylation sites (tertiary alicyclic amines) is 1. The van der Waals surface area contributed by atoms with Crippen LogP contribution in [-0.2, 0) is 32.0 Å². The van der Waals surface area contributed by atoms with Crippen molar-refractivity contribution in [2.24, 2.45) is 5.73 Å². The Hall–Kier alpha value is -3.89. The van der Waals surface area contributed by atoms with Crippen LogP contribution in [0.1, 0.15) is 36.8 Å². The number of aliphatic hydroxyl groups is 1. The summed E-state index contributed by atoms with van der Waals surface area (Å²) >= 11 is 1.12. The van der Waals surface area contributed by atoms with Crippen LogP contribution < -0.4 is 16.4 Å². The average Bonchev–Trinajstić information content (AvgIpc) is 3.01. The first kappa shape index (κ1) is 31.1. The quantitative estimate of drug-likeness (QED) is 0.226. The summed E-state index contributed by atoms with van der Waals surface area (Å²) in [5.41, 5.74) is 7.56. The third-order valence-electron chi connectivity index (χ3n) is 7.49. The monoisotopic (exact) mass is 590 g/mol. The van der Waals surface area contributed by atoms with Gasteiger partial charge in [0, 0.05) is 25.1 Å². The van der Waals surface area contributed by atoms with E-state index in [9.17, 15) is 24.3 Å². The molecule has 0 spiro atoms. The smallest absolute Gasteiger partial charge is 0.246 e. The van der Waals surface area contributed by atoms with Gasteiger partial charge >= 0.3 is 0 Å². The van der Waals surface area contributed by atoms with E-state index in [0.29, 0.717) is 25.8 Å². The summed E-state index contributed by atoms with van der Waals surface area (Å²) in [6.07, 6.45) is 2.85. The van der Waals surface area contributed by atoms with Gasteiger partial charge < -0.3 is 26.4 Å². The summed E-state index contributed by atoms with van der Waals surface area (Å²) in [4.78, 5) is 53.9. The standard InChI is InChI=1S/C32H38N4O5S/c33-30(39)26(19-23-13-15-24-10-4-5-11-25(24)18-23)35-31(40)28-12-6-7-17-36(28)32(41)27(20-42-21-37)34-29(38)16-14-22-8-2-1-3-9-22/h1-5,8-11,13,15,18,26-28,37H,6-7,12,14,16-17,19-21H2,(H2,33,39)(H,34,38)(H,35,40)/t26-,27-,28-/m0/s1. The second-order valence-corrected chi connectivity index (χ2v) is 11.5. The molecule has 10 heteroatoms. The maximum atomic E-state index is 13.7. The highest BCUT2D eigenvalue weighted by Gasteiger charge is 2.37. The maximum absolute atomic E-state index is 13.7. The highest BCUT2D eigenvalue weighted by atomic mass is 32.2. The zero-order valence-electron chi connectivity index (χ0n) is 23.5. The van der Waals surface area contributed by atoms with Crippen molar-refractivity contribution in [3.05, 3.63) is 83.9 Å². The SMILES string of the molecule is NC(=O)[C@H](Cc1ccc2ccccc2c1)NC(=O)[C@@H]1CCCCN1C(=O)[C@H](CSCO)NC(=O)CCc1ccccc1. The molecule has 3 aromatic rings. The van der Waals surface area contributed by atoms with Crippen molar-refractivity contribution in [1.82, 2.24) is 15.5 Å². The third-order valence-corrected chi connectivity index (χ3v) is 8.25. The Morgan fingerprint density at radius 3 is 2.38 bits per heavy atom. The minimum absolute atomic E-state index is 0.170. The number of nitrogens with one attached hydrogen (secondary N) is 2. The number of rotatable bonds is 13. The second kappa shape index (κ2) is 15.4. The molecule has 0 radical (unpaired) electrons. The summed E-state index contributed by atoms with van der Waals surface area (Å²) in [6, 6.07) is 20.7. The molecule has 0 saturated carbocycles. The van der Waals surface area contributed by atoms with Gasteiger partial charge in [-0.3, -0.25) is 19.2 Å². The molecule has 9 nitrogen and oxygen atoms in total. The first-order valence-corrected chi connectivity index (χ1v) is 15.4. The Bertz CT molecular complexity index is 1390. The fraction of sp³-hybridized carbons (Fsp3) is 0.375. The first-order valence-electron chi connectivity index (χ1n) is 14.3. The normalized spacial score (nSPS) is 16.4. The van der Waals surface area contributed by atoms with Crippen LogP contribution in [0.15, 0.2) is 72.8 Å². The number of aryl methyl sites for hydroxylation is 1. The molecule has 3 atom stereocenters. The van der Waals surface area contributed by atoms with E-state index >= 15 is 0 Å². The molecule has 1 saturated heterocycles. The highest BCUT2D eigenvalue weighted by Crippen LogP contribution is 2.21. The topological polar surface area (TPSA) is 142 Å². The van der Waals surface area contributed by atoms with E-state index < -0.39 is 29.9 Å². The number of hydrogen-bond acceptors (Lipinski definition) is 6. The van der Waals surface area contributed by atoms with Crippen molar-refractivity contribution in [3.8, 4) is 0 Å². The van der Waals surface area contributed by atoms with Gasteiger partial charge in [0.1, 0.15) is 18.1 Å². The molecular weight excluding hydrogens is 552 g/mol. The molecule has 3 aromatic carbocycles. The molecule has 222 valence electrons. The number of carbonyl (C=O) groups is 4. The van der Waals surface area contributed by atoms with E-state index in [1.807, 2.05) is 72.8 Å². The van der Waals surface area contributed by atoms with Gasteiger partial charge in [0.15, 0.2) is 0 Å².